The summed E-state index contributed by atoms with van der Waals surface area (Å²) < 4.78 is 0. The van der Waals surface area contributed by atoms with E-state index >= 15 is 0 Å². The molecule has 3 rings (SSSR count). The highest BCUT2D eigenvalue weighted by atomic mass is 35.5. The molecule has 1 aromatic heterocycles. The van der Waals surface area contributed by atoms with E-state index in [-0.39, 0.29) is 11.8 Å². The van der Waals surface area contributed by atoms with E-state index in [1.165, 1.54) is 11.3 Å². The smallest absolute Gasteiger partial charge is 0.264 e. The van der Waals surface area contributed by atoms with Gasteiger partial charge in [0.25, 0.3) is 5.91 Å². The fourth-order valence-electron chi connectivity index (χ4n) is 2.69. The van der Waals surface area contributed by atoms with Gasteiger partial charge in [0.2, 0.25) is 5.91 Å². The molecule has 1 aliphatic heterocycles. The first kappa shape index (κ1) is 18.3. The Morgan fingerprint density at radius 3 is 2.52 bits per heavy atom. The molecular weight excluding hydrogens is 376 g/mol. The summed E-state index contributed by atoms with van der Waals surface area (Å²) in [5, 5.41) is 2.63. The third-order valence-electron chi connectivity index (χ3n) is 4.03. The number of benzene rings is 1. The van der Waals surface area contributed by atoms with Crippen LogP contribution in [0.15, 0.2) is 41.8 Å². The molecule has 7 heteroatoms. The van der Waals surface area contributed by atoms with E-state index in [0.717, 1.165) is 21.2 Å². The van der Waals surface area contributed by atoms with Crippen LogP contribution in [0.5, 0.6) is 0 Å². The number of carbonyl (C=O) groups excluding carboxylic acids is 2. The molecule has 25 heavy (non-hydrogen) atoms. The molecule has 0 N–H and O–H groups in total. The maximum Gasteiger partial charge on any atom is 0.264 e. The second-order valence-corrected chi connectivity index (χ2v) is 8.14. The highest BCUT2D eigenvalue weighted by Gasteiger charge is 2.25. The summed E-state index contributed by atoms with van der Waals surface area (Å²) >= 11 is 9.02. The van der Waals surface area contributed by atoms with Crippen molar-refractivity contribution in [2.24, 2.45) is 0 Å². The van der Waals surface area contributed by atoms with Gasteiger partial charge < -0.3 is 9.80 Å². The van der Waals surface area contributed by atoms with Crippen LogP contribution in [-0.4, -0.2) is 53.5 Å². The number of halogens is 1. The van der Waals surface area contributed by atoms with E-state index in [9.17, 15) is 9.59 Å². The normalized spacial score (nSPS) is 14.6. The second kappa shape index (κ2) is 8.74. The summed E-state index contributed by atoms with van der Waals surface area (Å²) in [6, 6.07) is 11.4. The van der Waals surface area contributed by atoms with E-state index in [0.29, 0.717) is 31.9 Å². The highest BCUT2D eigenvalue weighted by Crippen LogP contribution is 2.18. The molecule has 1 aliphatic rings. The summed E-state index contributed by atoms with van der Waals surface area (Å²) in [6.07, 6.45) is 0. The van der Waals surface area contributed by atoms with E-state index < -0.39 is 0 Å². The fraction of sp³-hybridized carbons (Fsp3) is 0.333. The number of hydrogen-bond donors (Lipinski definition) is 0. The predicted molar refractivity (Wildman–Crippen MR) is 104 cm³/mol. The highest BCUT2D eigenvalue weighted by molar-refractivity contribution is 7.99. The SMILES string of the molecule is O=C(CSCc1cccc(Cl)c1)N1CCN(C(=O)c2cccs2)CC1. The maximum atomic E-state index is 12.3. The average molecular weight is 395 g/mol. The number of hydrogen-bond acceptors (Lipinski definition) is 4. The van der Waals surface area contributed by atoms with Gasteiger partial charge in [0.15, 0.2) is 0 Å². The van der Waals surface area contributed by atoms with Crippen molar-refractivity contribution < 1.29 is 9.59 Å². The molecule has 2 heterocycles. The lowest BCUT2D eigenvalue weighted by molar-refractivity contribution is -0.129. The lowest BCUT2D eigenvalue weighted by Crippen LogP contribution is -2.51. The Bertz CT molecular complexity index is 728. The molecule has 2 aromatic rings. The Labute approximate surface area is 160 Å². The molecule has 0 spiro atoms. The summed E-state index contributed by atoms with van der Waals surface area (Å²) in [5.74, 6) is 1.42. The van der Waals surface area contributed by atoms with Gasteiger partial charge in [0, 0.05) is 37.0 Å². The third-order valence-corrected chi connectivity index (χ3v) is 6.12. The van der Waals surface area contributed by atoms with Gasteiger partial charge in [0.05, 0.1) is 10.6 Å². The van der Waals surface area contributed by atoms with E-state index in [4.69, 9.17) is 11.6 Å². The van der Waals surface area contributed by atoms with E-state index in [2.05, 4.69) is 0 Å². The van der Waals surface area contributed by atoms with Gasteiger partial charge in [0.1, 0.15) is 0 Å². The first-order valence-corrected chi connectivity index (χ1v) is 10.5. The number of nitrogens with zero attached hydrogens (tertiary/aromatic N) is 2. The van der Waals surface area contributed by atoms with Gasteiger partial charge in [-0.05, 0) is 29.1 Å². The Morgan fingerprint density at radius 1 is 1.08 bits per heavy atom. The first-order valence-electron chi connectivity index (χ1n) is 8.06. The molecule has 0 bridgehead atoms. The van der Waals surface area contributed by atoms with Gasteiger partial charge in [-0.15, -0.1) is 23.1 Å². The monoisotopic (exact) mass is 394 g/mol. The number of piperazine rings is 1. The van der Waals surface area contributed by atoms with Gasteiger partial charge in [-0.25, -0.2) is 0 Å². The number of carbonyl (C=O) groups is 2. The summed E-state index contributed by atoms with van der Waals surface area (Å²) in [7, 11) is 0. The predicted octanol–water partition coefficient (Wildman–Crippen LogP) is 3.62. The zero-order chi connectivity index (χ0) is 17.6. The van der Waals surface area contributed by atoms with Gasteiger partial charge in [-0.3, -0.25) is 9.59 Å². The third kappa shape index (κ3) is 5.00. The summed E-state index contributed by atoms with van der Waals surface area (Å²) in [5.41, 5.74) is 1.12. The Hall–Kier alpha value is -1.50. The standard InChI is InChI=1S/C18H19ClN2O2S2/c19-15-4-1-3-14(11-15)12-24-13-17(22)20-6-8-21(9-7-20)18(23)16-5-2-10-25-16/h1-5,10-11H,6-9,12-13H2. The van der Waals surface area contributed by atoms with Crippen LogP contribution in [0.2, 0.25) is 5.02 Å². The molecular formula is C18H19ClN2O2S2. The van der Waals surface area contributed by atoms with Crippen LogP contribution < -0.4 is 0 Å². The molecule has 132 valence electrons. The number of thioether (sulfide) groups is 1. The number of thiophene rings is 1. The van der Waals surface area contributed by atoms with Crippen LogP contribution in [0.3, 0.4) is 0 Å². The van der Waals surface area contributed by atoms with Crippen LogP contribution in [0.1, 0.15) is 15.2 Å². The molecule has 0 unspecified atom stereocenters. The van der Waals surface area contributed by atoms with E-state index in [1.807, 2.05) is 51.6 Å². The van der Waals surface area contributed by atoms with Crippen LogP contribution in [0.4, 0.5) is 0 Å². The second-order valence-electron chi connectivity index (χ2n) is 5.77. The summed E-state index contributed by atoms with van der Waals surface area (Å²) in [4.78, 5) is 29.1. The Kier molecular flexibility index (Phi) is 6.39. The van der Waals surface area contributed by atoms with Crippen molar-refractivity contribution in [3.05, 3.63) is 57.2 Å². The molecule has 1 saturated heterocycles. The van der Waals surface area contributed by atoms with Crippen LogP contribution in [0.25, 0.3) is 0 Å². The van der Waals surface area contributed by atoms with Crippen LogP contribution in [0, 0.1) is 0 Å². The van der Waals surface area contributed by atoms with Crippen molar-refractivity contribution in [2.75, 3.05) is 31.9 Å². The van der Waals surface area contributed by atoms with Crippen molar-refractivity contribution in [1.29, 1.82) is 0 Å². The van der Waals surface area contributed by atoms with Gasteiger partial charge >= 0.3 is 0 Å². The largest absolute Gasteiger partial charge is 0.338 e. The van der Waals surface area contributed by atoms with Crippen LogP contribution in [-0.2, 0) is 10.5 Å². The van der Waals surface area contributed by atoms with Gasteiger partial charge in [-0.1, -0.05) is 29.8 Å². The van der Waals surface area contributed by atoms with Crippen molar-refractivity contribution in [2.45, 2.75) is 5.75 Å². The maximum absolute atomic E-state index is 12.3. The van der Waals surface area contributed by atoms with Crippen molar-refractivity contribution >= 4 is 46.5 Å². The molecule has 2 amide bonds. The lowest BCUT2D eigenvalue weighted by atomic mass is 10.2. The van der Waals surface area contributed by atoms with Crippen LogP contribution >= 0.6 is 34.7 Å². The summed E-state index contributed by atoms with van der Waals surface area (Å²) in [6.45, 7) is 2.41. The van der Waals surface area contributed by atoms with Gasteiger partial charge in [-0.2, -0.15) is 0 Å². The molecule has 1 fully saturated rings. The van der Waals surface area contributed by atoms with E-state index in [1.54, 1.807) is 11.8 Å². The molecule has 1 aromatic carbocycles. The minimum absolute atomic E-state index is 0.0671. The van der Waals surface area contributed by atoms with Crippen molar-refractivity contribution in [1.82, 2.24) is 9.80 Å². The molecule has 4 nitrogen and oxygen atoms in total. The number of amides is 2. The zero-order valence-electron chi connectivity index (χ0n) is 13.7. The Balaban J connectivity index is 1.41. The minimum atomic E-state index is 0.0671. The average Bonchev–Trinajstić information content (AvgIpc) is 3.16. The quantitative estimate of drug-likeness (QED) is 0.777. The van der Waals surface area contributed by atoms with Crippen molar-refractivity contribution in [3.63, 3.8) is 0 Å². The zero-order valence-corrected chi connectivity index (χ0v) is 16.1. The Morgan fingerprint density at radius 2 is 1.84 bits per heavy atom. The topological polar surface area (TPSA) is 40.6 Å². The molecule has 0 atom stereocenters. The molecule has 0 aliphatic carbocycles. The minimum Gasteiger partial charge on any atom is -0.338 e. The molecule has 0 saturated carbocycles. The van der Waals surface area contributed by atoms with Crippen molar-refractivity contribution in [3.8, 4) is 0 Å². The number of rotatable bonds is 5. The lowest BCUT2D eigenvalue weighted by Gasteiger charge is -2.34. The fourth-order valence-corrected chi connectivity index (χ4v) is 4.47. The molecule has 0 radical (unpaired) electrons. The first-order chi connectivity index (χ1) is 12.1.